The van der Waals surface area contributed by atoms with Crippen LogP contribution in [0.5, 0.6) is 0 Å². The summed E-state index contributed by atoms with van der Waals surface area (Å²) < 4.78 is 24.6. The molecular formula is C7H16N2O3S. The zero-order valence-corrected chi connectivity index (χ0v) is 8.50. The molecule has 0 aromatic rings. The van der Waals surface area contributed by atoms with Gasteiger partial charge in [-0.15, -0.1) is 0 Å². The summed E-state index contributed by atoms with van der Waals surface area (Å²) in [6.45, 7) is 2.33. The molecule has 0 saturated carbocycles. The van der Waals surface area contributed by atoms with Gasteiger partial charge in [0.05, 0.1) is 11.4 Å². The van der Waals surface area contributed by atoms with Crippen molar-refractivity contribution in [1.29, 1.82) is 0 Å². The quantitative estimate of drug-likeness (QED) is 0.606. The third-order valence-electron chi connectivity index (χ3n) is 2.33. The van der Waals surface area contributed by atoms with Gasteiger partial charge < -0.3 is 10.8 Å². The Morgan fingerprint density at radius 3 is 2.69 bits per heavy atom. The van der Waals surface area contributed by atoms with Gasteiger partial charge in [-0.25, -0.2) is 8.42 Å². The first-order chi connectivity index (χ1) is 5.98. The highest BCUT2D eigenvalue weighted by atomic mass is 32.2. The third-order valence-corrected chi connectivity index (χ3v) is 4.59. The van der Waals surface area contributed by atoms with Gasteiger partial charge in [-0.1, -0.05) is 0 Å². The molecule has 0 radical (unpaired) electrons. The number of hydrogen-bond donors (Lipinski definition) is 2. The Balaban J connectivity index is 2.71. The summed E-state index contributed by atoms with van der Waals surface area (Å²) in [4.78, 5) is 0. The molecule has 0 bridgehead atoms. The van der Waals surface area contributed by atoms with E-state index in [9.17, 15) is 13.5 Å². The van der Waals surface area contributed by atoms with E-state index in [1.165, 1.54) is 4.31 Å². The maximum atomic E-state index is 11.6. The van der Waals surface area contributed by atoms with Crippen molar-refractivity contribution in [2.45, 2.75) is 24.7 Å². The molecule has 5 nitrogen and oxygen atoms in total. The van der Waals surface area contributed by atoms with Crippen molar-refractivity contribution in [2.75, 3.05) is 19.6 Å². The molecule has 1 fully saturated rings. The average molecular weight is 208 g/mol. The molecule has 0 aliphatic carbocycles. The highest BCUT2D eigenvalue weighted by Crippen LogP contribution is 2.16. The lowest BCUT2D eigenvalue weighted by Gasteiger charge is -2.19. The molecular weight excluding hydrogens is 192 g/mol. The first-order valence-corrected chi connectivity index (χ1v) is 5.86. The van der Waals surface area contributed by atoms with E-state index < -0.39 is 21.4 Å². The average Bonchev–Trinajstić information content (AvgIpc) is 2.50. The highest BCUT2D eigenvalue weighted by molar-refractivity contribution is 7.89. The van der Waals surface area contributed by atoms with Gasteiger partial charge in [0, 0.05) is 19.6 Å². The number of rotatable bonds is 3. The molecule has 1 saturated heterocycles. The molecule has 0 spiro atoms. The minimum absolute atomic E-state index is 0.120. The SMILES string of the molecule is CC(CN)S(=O)(=O)N1CCC(O)C1. The first kappa shape index (κ1) is 10.9. The normalized spacial score (nSPS) is 27.8. The maximum absolute atomic E-state index is 11.6. The zero-order valence-electron chi connectivity index (χ0n) is 7.68. The Bertz CT molecular complexity index is 265. The van der Waals surface area contributed by atoms with Crippen molar-refractivity contribution >= 4 is 10.0 Å². The van der Waals surface area contributed by atoms with E-state index in [0.29, 0.717) is 13.0 Å². The summed E-state index contributed by atoms with van der Waals surface area (Å²) in [5.41, 5.74) is 5.29. The summed E-state index contributed by atoms with van der Waals surface area (Å²) in [6, 6.07) is 0. The fourth-order valence-electron chi connectivity index (χ4n) is 1.32. The van der Waals surface area contributed by atoms with Gasteiger partial charge in [-0.3, -0.25) is 0 Å². The molecule has 0 amide bonds. The van der Waals surface area contributed by atoms with Gasteiger partial charge in [0.25, 0.3) is 0 Å². The van der Waals surface area contributed by atoms with E-state index in [4.69, 9.17) is 5.73 Å². The minimum atomic E-state index is -3.27. The van der Waals surface area contributed by atoms with Gasteiger partial charge in [0.15, 0.2) is 0 Å². The molecule has 13 heavy (non-hydrogen) atoms. The standard InChI is InChI=1S/C7H16N2O3S/c1-6(4-8)13(11,12)9-3-2-7(10)5-9/h6-7,10H,2-5,8H2,1H3. The van der Waals surface area contributed by atoms with Crippen molar-refractivity contribution < 1.29 is 13.5 Å². The van der Waals surface area contributed by atoms with Crippen LogP contribution in [0.3, 0.4) is 0 Å². The predicted octanol–water partition coefficient (Wildman–Crippen LogP) is -1.27. The van der Waals surface area contributed by atoms with Gasteiger partial charge >= 0.3 is 0 Å². The molecule has 1 aliphatic rings. The zero-order chi connectivity index (χ0) is 10.1. The van der Waals surface area contributed by atoms with Crippen LogP contribution >= 0.6 is 0 Å². The second-order valence-electron chi connectivity index (χ2n) is 3.39. The van der Waals surface area contributed by atoms with E-state index in [2.05, 4.69) is 0 Å². The van der Waals surface area contributed by atoms with Crippen molar-refractivity contribution in [1.82, 2.24) is 4.31 Å². The maximum Gasteiger partial charge on any atom is 0.218 e. The topological polar surface area (TPSA) is 83.6 Å². The number of nitrogens with zero attached hydrogens (tertiary/aromatic N) is 1. The number of sulfonamides is 1. The van der Waals surface area contributed by atoms with Crippen LogP contribution in [0.25, 0.3) is 0 Å². The lowest BCUT2D eigenvalue weighted by molar-refractivity contribution is 0.189. The fraction of sp³-hybridized carbons (Fsp3) is 1.00. The second-order valence-corrected chi connectivity index (χ2v) is 5.74. The van der Waals surface area contributed by atoms with E-state index >= 15 is 0 Å². The van der Waals surface area contributed by atoms with Crippen molar-refractivity contribution in [3.05, 3.63) is 0 Å². The predicted molar refractivity (Wildman–Crippen MR) is 49.6 cm³/mol. The summed E-state index contributed by atoms with van der Waals surface area (Å²) in [5.74, 6) is 0. The van der Waals surface area contributed by atoms with Crippen LogP contribution in [0.1, 0.15) is 13.3 Å². The number of nitrogens with two attached hydrogens (primary N) is 1. The van der Waals surface area contributed by atoms with Crippen molar-refractivity contribution in [2.24, 2.45) is 5.73 Å². The van der Waals surface area contributed by atoms with Crippen LogP contribution < -0.4 is 5.73 Å². The molecule has 0 aromatic heterocycles. The van der Waals surface area contributed by atoms with Crippen LogP contribution in [-0.2, 0) is 10.0 Å². The van der Waals surface area contributed by atoms with E-state index in [1.54, 1.807) is 6.92 Å². The molecule has 2 unspecified atom stereocenters. The highest BCUT2D eigenvalue weighted by Gasteiger charge is 2.33. The lowest BCUT2D eigenvalue weighted by atomic mass is 10.3. The Kier molecular flexibility index (Phi) is 3.28. The van der Waals surface area contributed by atoms with E-state index in [0.717, 1.165) is 0 Å². The summed E-state index contributed by atoms with van der Waals surface area (Å²) in [6.07, 6.45) is 0.0102. The number of β-amino-alcohol motifs (C(OH)–C–C–N with tert-alkyl or cyclic N) is 1. The molecule has 1 aliphatic heterocycles. The number of hydrogen-bond acceptors (Lipinski definition) is 4. The largest absolute Gasteiger partial charge is 0.392 e. The molecule has 78 valence electrons. The van der Waals surface area contributed by atoms with Crippen LogP contribution in [0, 0.1) is 0 Å². The number of aliphatic hydroxyl groups excluding tert-OH is 1. The smallest absolute Gasteiger partial charge is 0.218 e. The molecule has 3 N–H and O–H groups in total. The molecule has 1 heterocycles. The molecule has 1 rings (SSSR count). The second kappa shape index (κ2) is 3.91. The monoisotopic (exact) mass is 208 g/mol. The minimum Gasteiger partial charge on any atom is -0.392 e. The van der Waals surface area contributed by atoms with Crippen LogP contribution in [-0.4, -0.2) is 48.8 Å². The summed E-state index contributed by atoms with van der Waals surface area (Å²) in [7, 11) is -3.27. The van der Waals surface area contributed by atoms with E-state index in [-0.39, 0.29) is 13.1 Å². The van der Waals surface area contributed by atoms with Gasteiger partial charge in [0.2, 0.25) is 10.0 Å². The van der Waals surface area contributed by atoms with Gasteiger partial charge in [0.1, 0.15) is 0 Å². The van der Waals surface area contributed by atoms with Crippen molar-refractivity contribution in [3.63, 3.8) is 0 Å². The first-order valence-electron chi connectivity index (χ1n) is 4.35. The third kappa shape index (κ3) is 2.19. The Hall–Kier alpha value is -0.170. The fourth-order valence-corrected chi connectivity index (χ4v) is 2.81. The Labute approximate surface area is 78.6 Å². The lowest BCUT2D eigenvalue weighted by Crippen LogP contribution is -2.39. The molecule has 2 atom stereocenters. The van der Waals surface area contributed by atoms with E-state index in [1.807, 2.05) is 0 Å². The van der Waals surface area contributed by atoms with Crippen molar-refractivity contribution in [3.8, 4) is 0 Å². The van der Waals surface area contributed by atoms with Crippen LogP contribution in [0.2, 0.25) is 0 Å². The van der Waals surface area contributed by atoms with Gasteiger partial charge in [-0.2, -0.15) is 4.31 Å². The van der Waals surface area contributed by atoms with Gasteiger partial charge in [-0.05, 0) is 13.3 Å². The number of aliphatic hydroxyl groups is 1. The van der Waals surface area contributed by atoms with Crippen LogP contribution in [0.4, 0.5) is 0 Å². The molecule has 0 aromatic carbocycles. The summed E-state index contributed by atoms with van der Waals surface area (Å²) in [5, 5.41) is 8.62. The summed E-state index contributed by atoms with van der Waals surface area (Å²) >= 11 is 0. The molecule has 6 heteroatoms. The Morgan fingerprint density at radius 1 is 1.69 bits per heavy atom. The van der Waals surface area contributed by atoms with Crippen LogP contribution in [0.15, 0.2) is 0 Å². The Morgan fingerprint density at radius 2 is 2.31 bits per heavy atom.